The van der Waals surface area contributed by atoms with Gasteiger partial charge in [0.05, 0.1) is 17.8 Å². The van der Waals surface area contributed by atoms with Crippen LogP contribution in [-0.4, -0.2) is 19.2 Å². The van der Waals surface area contributed by atoms with Crippen LogP contribution in [0.3, 0.4) is 0 Å². The summed E-state index contributed by atoms with van der Waals surface area (Å²) in [7, 11) is 1.57. The first kappa shape index (κ1) is 13.8. The molecule has 1 aromatic heterocycles. The SMILES string of the molecule is COc1ccc(C(=O)NN=Cc2cccs2)cc1Br. The highest BCUT2D eigenvalue weighted by atomic mass is 79.9. The maximum atomic E-state index is 11.8. The summed E-state index contributed by atoms with van der Waals surface area (Å²) in [5, 5.41) is 5.85. The van der Waals surface area contributed by atoms with Gasteiger partial charge in [-0.3, -0.25) is 4.79 Å². The molecule has 0 bridgehead atoms. The summed E-state index contributed by atoms with van der Waals surface area (Å²) in [6.07, 6.45) is 1.61. The molecule has 0 radical (unpaired) electrons. The minimum Gasteiger partial charge on any atom is -0.496 e. The van der Waals surface area contributed by atoms with Gasteiger partial charge in [0.2, 0.25) is 0 Å². The zero-order chi connectivity index (χ0) is 13.7. The molecular formula is C13H11BrN2O2S. The second-order valence-corrected chi connectivity index (χ2v) is 5.40. The highest BCUT2D eigenvalue weighted by Gasteiger charge is 2.07. The van der Waals surface area contributed by atoms with Crippen LogP contribution >= 0.6 is 27.3 Å². The summed E-state index contributed by atoms with van der Waals surface area (Å²) < 4.78 is 5.83. The van der Waals surface area contributed by atoms with Gasteiger partial charge >= 0.3 is 0 Å². The van der Waals surface area contributed by atoms with Crippen molar-refractivity contribution in [2.45, 2.75) is 0 Å². The number of thiophene rings is 1. The first-order valence-electron chi connectivity index (χ1n) is 5.41. The molecule has 1 aromatic carbocycles. The molecule has 0 fully saturated rings. The Morgan fingerprint density at radius 2 is 2.32 bits per heavy atom. The third-order valence-electron chi connectivity index (χ3n) is 2.32. The molecule has 98 valence electrons. The molecule has 0 aliphatic rings. The molecule has 0 saturated heterocycles. The number of hydrazone groups is 1. The molecule has 6 heteroatoms. The summed E-state index contributed by atoms with van der Waals surface area (Å²) in [4.78, 5) is 12.8. The standard InChI is InChI=1S/C13H11BrN2O2S/c1-18-12-5-4-9(7-11(12)14)13(17)16-15-8-10-3-2-6-19-10/h2-8H,1H3,(H,16,17). The van der Waals surface area contributed by atoms with E-state index in [4.69, 9.17) is 4.74 Å². The van der Waals surface area contributed by atoms with E-state index < -0.39 is 0 Å². The van der Waals surface area contributed by atoms with Crippen LogP contribution in [0.15, 0.2) is 45.3 Å². The van der Waals surface area contributed by atoms with Crippen molar-refractivity contribution in [3.63, 3.8) is 0 Å². The number of carbonyl (C=O) groups excluding carboxylic acids is 1. The smallest absolute Gasteiger partial charge is 0.271 e. The summed E-state index contributed by atoms with van der Waals surface area (Å²) in [5.41, 5.74) is 2.99. The summed E-state index contributed by atoms with van der Waals surface area (Å²) in [5.74, 6) is 0.412. The zero-order valence-corrected chi connectivity index (χ0v) is 12.5. The van der Waals surface area contributed by atoms with Gasteiger partial charge in [-0.05, 0) is 45.6 Å². The minimum atomic E-state index is -0.267. The molecule has 0 aliphatic carbocycles. The van der Waals surface area contributed by atoms with E-state index >= 15 is 0 Å². The van der Waals surface area contributed by atoms with Gasteiger partial charge in [0.25, 0.3) is 5.91 Å². The highest BCUT2D eigenvalue weighted by molar-refractivity contribution is 9.10. The molecule has 2 aromatic rings. The van der Waals surface area contributed by atoms with Crippen LogP contribution in [0.5, 0.6) is 5.75 Å². The quantitative estimate of drug-likeness (QED) is 0.687. The van der Waals surface area contributed by atoms with Crippen molar-refractivity contribution in [3.05, 3.63) is 50.6 Å². The van der Waals surface area contributed by atoms with Gasteiger partial charge in [-0.1, -0.05) is 6.07 Å². The van der Waals surface area contributed by atoms with Crippen LogP contribution in [0.2, 0.25) is 0 Å². The van der Waals surface area contributed by atoms with Crippen LogP contribution in [0.4, 0.5) is 0 Å². The van der Waals surface area contributed by atoms with Crippen LogP contribution in [0.1, 0.15) is 15.2 Å². The van der Waals surface area contributed by atoms with Gasteiger partial charge in [0.1, 0.15) is 5.75 Å². The monoisotopic (exact) mass is 338 g/mol. The molecule has 1 amide bonds. The van der Waals surface area contributed by atoms with Gasteiger partial charge in [-0.2, -0.15) is 5.10 Å². The largest absolute Gasteiger partial charge is 0.496 e. The Morgan fingerprint density at radius 1 is 1.47 bits per heavy atom. The predicted octanol–water partition coefficient (Wildman–Crippen LogP) is 3.28. The second kappa shape index (κ2) is 6.49. The number of halogens is 1. The Kier molecular flexibility index (Phi) is 4.70. The van der Waals surface area contributed by atoms with Crippen LogP contribution in [-0.2, 0) is 0 Å². The Hall–Kier alpha value is -1.66. The van der Waals surface area contributed by atoms with Gasteiger partial charge < -0.3 is 4.74 Å². The predicted molar refractivity (Wildman–Crippen MR) is 80.1 cm³/mol. The minimum absolute atomic E-state index is 0.267. The first-order valence-corrected chi connectivity index (χ1v) is 7.08. The summed E-state index contributed by atoms with van der Waals surface area (Å²) in [6, 6.07) is 8.94. The molecule has 19 heavy (non-hydrogen) atoms. The lowest BCUT2D eigenvalue weighted by atomic mass is 10.2. The number of amides is 1. The van der Waals surface area contributed by atoms with Crippen molar-refractivity contribution >= 4 is 39.4 Å². The van der Waals surface area contributed by atoms with E-state index in [9.17, 15) is 4.79 Å². The number of hydrogen-bond donors (Lipinski definition) is 1. The molecule has 2 rings (SSSR count). The summed E-state index contributed by atoms with van der Waals surface area (Å²) in [6.45, 7) is 0. The fraction of sp³-hybridized carbons (Fsp3) is 0.0769. The van der Waals surface area contributed by atoms with E-state index in [1.807, 2.05) is 17.5 Å². The van der Waals surface area contributed by atoms with Crippen molar-refractivity contribution in [1.29, 1.82) is 0 Å². The van der Waals surface area contributed by atoms with E-state index in [0.29, 0.717) is 11.3 Å². The summed E-state index contributed by atoms with van der Waals surface area (Å²) >= 11 is 4.89. The fourth-order valence-corrected chi connectivity index (χ4v) is 2.52. The Morgan fingerprint density at radius 3 is 2.95 bits per heavy atom. The molecule has 0 saturated carbocycles. The molecule has 4 nitrogen and oxygen atoms in total. The second-order valence-electron chi connectivity index (χ2n) is 3.56. The van der Waals surface area contributed by atoms with Crippen LogP contribution in [0, 0.1) is 0 Å². The number of benzene rings is 1. The molecule has 0 spiro atoms. The Labute approximate surface area is 123 Å². The zero-order valence-electron chi connectivity index (χ0n) is 10.1. The van der Waals surface area contributed by atoms with Gasteiger partial charge in [0, 0.05) is 10.4 Å². The number of hydrogen-bond acceptors (Lipinski definition) is 4. The molecule has 0 atom stereocenters. The van der Waals surface area contributed by atoms with Crippen molar-refractivity contribution < 1.29 is 9.53 Å². The number of ether oxygens (including phenoxy) is 1. The lowest BCUT2D eigenvalue weighted by Gasteiger charge is -2.05. The van der Waals surface area contributed by atoms with E-state index in [0.717, 1.165) is 9.35 Å². The third kappa shape index (κ3) is 3.65. The number of nitrogens with one attached hydrogen (secondary N) is 1. The van der Waals surface area contributed by atoms with Crippen molar-refractivity contribution in [2.24, 2.45) is 5.10 Å². The molecular weight excluding hydrogens is 328 g/mol. The number of carbonyl (C=O) groups is 1. The molecule has 0 aliphatic heterocycles. The van der Waals surface area contributed by atoms with Crippen molar-refractivity contribution in [1.82, 2.24) is 5.43 Å². The Balaban J connectivity index is 2.02. The maximum absolute atomic E-state index is 11.8. The number of methoxy groups -OCH3 is 1. The average Bonchev–Trinajstić information content (AvgIpc) is 2.91. The first-order chi connectivity index (χ1) is 9.20. The normalized spacial score (nSPS) is 10.6. The van der Waals surface area contributed by atoms with Crippen molar-refractivity contribution in [3.8, 4) is 5.75 Å². The third-order valence-corrected chi connectivity index (χ3v) is 3.74. The van der Waals surface area contributed by atoms with Gasteiger partial charge in [-0.25, -0.2) is 5.43 Å². The fourth-order valence-electron chi connectivity index (χ4n) is 1.39. The molecule has 0 unspecified atom stereocenters. The molecule has 1 N–H and O–H groups in total. The maximum Gasteiger partial charge on any atom is 0.271 e. The van der Waals surface area contributed by atoms with E-state index in [1.54, 1.807) is 42.9 Å². The van der Waals surface area contributed by atoms with Gasteiger partial charge in [-0.15, -0.1) is 11.3 Å². The van der Waals surface area contributed by atoms with Crippen LogP contribution in [0.25, 0.3) is 0 Å². The van der Waals surface area contributed by atoms with Gasteiger partial charge in [0.15, 0.2) is 0 Å². The van der Waals surface area contributed by atoms with E-state index in [2.05, 4.69) is 26.5 Å². The molecule has 1 heterocycles. The average molecular weight is 339 g/mol. The van der Waals surface area contributed by atoms with E-state index in [1.165, 1.54) is 0 Å². The number of nitrogens with zero attached hydrogens (tertiary/aromatic N) is 1. The Bertz CT molecular complexity index is 597. The van der Waals surface area contributed by atoms with Crippen LogP contribution < -0.4 is 10.2 Å². The lowest BCUT2D eigenvalue weighted by Crippen LogP contribution is -2.17. The highest BCUT2D eigenvalue weighted by Crippen LogP contribution is 2.25. The topological polar surface area (TPSA) is 50.7 Å². The van der Waals surface area contributed by atoms with E-state index in [-0.39, 0.29) is 5.91 Å². The lowest BCUT2D eigenvalue weighted by molar-refractivity contribution is 0.0955. The van der Waals surface area contributed by atoms with Crippen molar-refractivity contribution in [2.75, 3.05) is 7.11 Å². The number of rotatable bonds is 4.